The molecular weight excluding hydrogens is 382 g/mol. The number of halogens is 1. The van der Waals surface area contributed by atoms with E-state index >= 15 is 0 Å². The molecule has 0 aliphatic heterocycles. The van der Waals surface area contributed by atoms with E-state index in [1.54, 1.807) is 32.0 Å². The second-order valence-corrected chi connectivity index (χ2v) is 7.56. The number of carbonyl (C=O) groups excluding carboxylic acids is 1. The summed E-state index contributed by atoms with van der Waals surface area (Å²) in [5, 5.41) is 6.38. The lowest BCUT2D eigenvalue weighted by molar-refractivity contribution is -0.122. The van der Waals surface area contributed by atoms with Crippen molar-refractivity contribution >= 4 is 51.6 Å². The highest BCUT2D eigenvalue weighted by atomic mass is 35.5. The molecule has 0 atom stereocenters. The molecule has 7 heteroatoms. The third kappa shape index (κ3) is 4.28. The second-order valence-electron chi connectivity index (χ2n) is 6.74. The number of rotatable bonds is 3. The molecule has 3 aromatic rings. The first-order chi connectivity index (χ1) is 12.7. The molecule has 0 unspecified atom stereocenters. The van der Waals surface area contributed by atoms with Crippen molar-refractivity contribution < 1.29 is 9.21 Å². The summed E-state index contributed by atoms with van der Waals surface area (Å²) in [6, 6.07) is 9.33. The van der Waals surface area contributed by atoms with E-state index in [2.05, 4.69) is 15.6 Å². The molecule has 2 aromatic carbocycles. The number of anilines is 1. The van der Waals surface area contributed by atoms with E-state index in [9.17, 15) is 4.79 Å². The standard InChI is InChI=1S/C20H20ClN3O2S/c1-10(2)18(25)24-20(27)22-13-5-6-15(21)14(9-13)19-23-16-8-11(3)7-12(4)17(16)26-19/h5-10H,1-4H3,(H2,22,24,25,27). The second kappa shape index (κ2) is 7.66. The van der Waals surface area contributed by atoms with Crippen LogP contribution in [0.4, 0.5) is 5.69 Å². The van der Waals surface area contributed by atoms with Gasteiger partial charge in [-0.2, -0.15) is 0 Å². The number of nitrogens with one attached hydrogen (secondary N) is 2. The Hall–Kier alpha value is -2.44. The van der Waals surface area contributed by atoms with E-state index in [1.807, 2.05) is 26.0 Å². The topological polar surface area (TPSA) is 67.2 Å². The first-order valence-corrected chi connectivity index (χ1v) is 9.33. The van der Waals surface area contributed by atoms with Crippen LogP contribution in [-0.2, 0) is 4.79 Å². The Labute approximate surface area is 168 Å². The van der Waals surface area contributed by atoms with Gasteiger partial charge in [0.05, 0.1) is 10.6 Å². The Morgan fingerprint density at radius 3 is 2.67 bits per heavy atom. The number of thiocarbonyl (C=S) groups is 1. The molecule has 0 spiro atoms. The average Bonchev–Trinajstić information content (AvgIpc) is 3.00. The van der Waals surface area contributed by atoms with Gasteiger partial charge in [0.2, 0.25) is 11.8 Å². The van der Waals surface area contributed by atoms with E-state index in [-0.39, 0.29) is 16.9 Å². The Bertz CT molecular complexity index is 1040. The Morgan fingerprint density at radius 2 is 1.96 bits per heavy atom. The van der Waals surface area contributed by atoms with Gasteiger partial charge in [0.1, 0.15) is 5.52 Å². The molecule has 3 rings (SSSR count). The van der Waals surface area contributed by atoms with E-state index in [1.165, 1.54) is 0 Å². The Kier molecular flexibility index (Phi) is 5.48. The molecule has 1 heterocycles. The molecule has 140 valence electrons. The van der Waals surface area contributed by atoms with Gasteiger partial charge in [-0.15, -0.1) is 0 Å². The molecule has 27 heavy (non-hydrogen) atoms. The van der Waals surface area contributed by atoms with Gasteiger partial charge >= 0.3 is 0 Å². The zero-order valence-corrected chi connectivity index (χ0v) is 17.1. The Morgan fingerprint density at radius 1 is 1.22 bits per heavy atom. The number of benzene rings is 2. The van der Waals surface area contributed by atoms with Gasteiger partial charge in [0.15, 0.2) is 10.7 Å². The number of amides is 1. The first kappa shape index (κ1) is 19.3. The quantitative estimate of drug-likeness (QED) is 0.588. The molecule has 0 saturated heterocycles. The van der Waals surface area contributed by atoms with Gasteiger partial charge in [0, 0.05) is 11.6 Å². The minimum Gasteiger partial charge on any atom is -0.436 e. The smallest absolute Gasteiger partial charge is 0.228 e. The summed E-state index contributed by atoms with van der Waals surface area (Å²) in [5.41, 5.74) is 4.99. The zero-order valence-electron chi connectivity index (χ0n) is 15.5. The monoisotopic (exact) mass is 401 g/mol. The summed E-state index contributed by atoms with van der Waals surface area (Å²) >= 11 is 11.6. The number of hydrogen-bond donors (Lipinski definition) is 2. The lowest BCUT2D eigenvalue weighted by Crippen LogP contribution is -2.36. The number of carbonyl (C=O) groups is 1. The number of nitrogens with zero attached hydrogens (tertiary/aromatic N) is 1. The highest BCUT2D eigenvalue weighted by molar-refractivity contribution is 7.80. The largest absolute Gasteiger partial charge is 0.436 e. The highest BCUT2D eigenvalue weighted by Crippen LogP contribution is 2.33. The van der Waals surface area contributed by atoms with E-state index in [0.29, 0.717) is 22.2 Å². The minimum absolute atomic E-state index is 0.147. The summed E-state index contributed by atoms with van der Waals surface area (Å²) in [7, 11) is 0. The maximum atomic E-state index is 11.8. The van der Waals surface area contributed by atoms with Crippen molar-refractivity contribution in [2.75, 3.05) is 5.32 Å². The molecule has 0 bridgehead atoms. The van der Waals surface area contributed by atoms with Crippen LogP contribution in [-0.4, -0.2) is 16.0 Å². The van der Waals surface area contributed by atoms with Crippen molar-refractivity contribution in [2.45, 2.75) is 27.7 Å². The summed E-state index contributed by atoms with van der Waals surface area (Å²) in [4.78, 5) is 16.3. The van der Waals surface area contributed by atoms with Crippen LogP contribution in [0.25, 0.3) is 22.6 Å². The maximum Gasteiger partial charge on any atom is 0.228 e. The average molecular weight is 402 g/mol. The van der Waals surface area contributed by atoms with Gasteiger partial charge in [-0.05, 0) is 61.5 Å². The highest BCUT2D eigenvalue weighted by Gasteiger charge is 2.15. The molecule has 0 saturated carbocycles. The Balaban J connectivity index is 1.91. The fourth-order valence-corrected chi connectivity index (χ4v) is 3.09. The normalized spacial score (nSPS) is 11.0. The van der Waals surface area contributed by atoms with Crippen molar-refractivity contribution in [1.82, 2.24) is 10.3 Å². The zero-order chi connectivity index (χ0) is 19.7. The summed E-state index contributed by atoms with van der Waals surface area (Å²) in [5.74, 6) is 0.132. The van der Waals surface area contributed by atoms with Crippen LogP contribution in [0.1, 0.15) is 25.0 Å². The lowest BCUT2D eigenvalue weighted by Gasteiger charge is -2.12. The van der Waals surface area contributed by atoms with E-state index in [4.69, 9.17) is 28.2 Å². The number of fused-ring (bicyclic) bond motifs is 1. The van der Waals surface area contributed by atoms with Crippen molar-refractivity contribution in [1.29, 1.82) is 0 Å². The van der Waals surface area contributed by atoms with Gasteiger partial charge in [-0.3, -0.25) is 4.79 Å². The number of hydrogen-bond acceptors (Lipinski definition) is 4. The van der Waals surface area contributed by atoms with Crippen molar-refractivity contribution in [2.24, 2.45) is 5.92 Å². The van der Waals surface area contributed by atoms with Gasteiger partial charge in [0.25, 0.3) is 0 Å². The lowest BCUT2D eigenvalue weighted by atomic mass is 10.1. The fourth-order valence-electron chi connectivity index (χ4n) is 2.68. The van der Waals surface area contributed by atoms with E-state index in [0.717, 1.165) is 22.2 Å². The van der Waals surface area contributed by atoms with Crippen LogP contribution in [0.3, 0.4) is 0 Å². The van der Waals surface area contributed by atoms with Gasteiger partial charge < -0.3 is 15.1 Å². The fraction of sp³-hybridized carbons (Fsp3) is 0.250. The summed E-state index contributed by atoms with van der Waals surface area (Å²) < 4.78 is 5.95. The molecule has 1 amide bonds. The summed E-state index contributed by atoms with van der Waals surface area (Å²) in [6.07, 6.45) is 0. The van der Waals surface area contributed by atoms with Crippen LogP contribution in [0.5, 0.6) is 0 Å². The molecule has 0 aliphatic rings. The van der Waals surface area contributed by atoms with Gasteiger partial charge in [-0.1, -0.05) is 31.5 Å². The third-order valence-electron chi connectivity index (χ3n) is 4.04. The number of aromatic nitrogens is 1. The molecular formula is C20H20ClN3O2S. The van der Waals surface area contributed by atoms with Crippen LogP contribution < -0.4 is 10.6 Å². The molecule has 0 radical (unpaired) electrons. The van der Waals surface area contributed by atoms with Crippen LogP contribution in [0.15, 0.2) is 34.7 Å². The van der Waals surface area contributed by atoms with Crippen LogP contribution in [0, 0.1) is 19.8 Å². The predicted octanol–water partition coefficient (Wildman–Crippen LogP) is 5.23. The van der Waals surface area contributed by atoms with E-state index < -0.39 is 0 Å². The first-order valence-electron chi connectivity index (χ1n) is 8.54. The number of oxazole rings is 1. The molecule has 5 nitrogen and oxygen atoms in total. The summed E-state index contributed by atoms with van der Waals surface area (Å²) in [6.45, 7) is 7.61. The third-order valence-corrected chi connectivity index (χ3v) is 4.57. The molecule has 1 aromatic heterocycles. The van der Waals surface area contributed by atoms with Crippen molar-refractivity contribution in [3.8, 4) is 11.5 Å². The van der Waals surface area contributed by atoms with Crippen molar-refractivity contribution in [3.63, 3.8) is 0 Å². The minimum atomic E-state index is -0.156. The maximum absolute atomic E-state index is 11.8. The molecule has 0 aliphatic carbocycles. The van der Waals surface area contributed by atoms with Crippen molar-refractivity contribution in [3.05, 3.63) is 46.5 Å². The molecule has 2 N–H and O–H groups in total. The SMILES string of the molecule is Cc1cc(C)c2oc(-c3cc(NC(=S)NC(=O)C(C)C)ccc3Cl)nc2c1. The van der Waals surface area contributed by atoms with Gasteiger partial charge in [-0.25, -0.2) is 4.98 Å². The van der Waals surface area contributed by atoms with Crippen LogP contribution in [0.2, 0.25) is 5.02 Å². The van der Waals surface area contributed by atoms with Crippen LogP contribution >= 0.6 is 23.8 Å². The predicted molar refractivity (Wildman–Crippen MR) is 113 cm³/mol. The molecule has 0 fully saturated rings. The number of aryl methyl sites for hydroxylation is 2.